The van der Waals surface area contributed by atoms with Crippen LogP contribution in [0.2, 0.25) is 0 Å². The number of carbonyl (C=O) groups is 2. The van der Waals surface area contributed by atoms with Crippen LogP contribution >= 0.6 is 0 Å². The van der Waals surface area contributed by atoms with E-state index in [1.807, 2.05) is 85.8 Å². The highest BCUT2D eigenvalue weighted by Crippen LogP contribution is 2.47. The maximum atomic E-state index is 13.8. The summed E-state index contributed by atoms with van der Waals surface area (Å²) in [4.78, 5) is 27.4. The Morgan fingerprint density at radius 1 is 0.895 bits per heavy atom. The average Bonchev–Trinajstić information content (AvgIpc) is 2.95. The molecule has 0 amide bonds. The van der Waals surface area contributed by atoms with Gasteiger partial charge >= 0.3 is 5.97 Å². The van der Waals surface area contributed by atoms with Crippen molar-refractivity contribution in [2.24, 2.45) is 0 Å². The van der Waals surface area contributed by atoms with Crippen LogP contribution in [0.25, 0.3) is 0 Å². The van der Waals surface area contributed by atoms with E-state index in [-0.39, 0.29) is 18.3 Å². The van der Waals surface area contributed by atoms with Gasteiger partial charge in [0.2, 0.25) is 0 Å². The first-order valence-electron chi connectivity index (χ1n) is 12.7. The fraction of sp³-hybridized carbons (Fsp3) is 0.250. The van der Waals surface area contributed by atoms with Crippen LogP contribution in [0.1, 0.15) is 48.3 Å². The lowest BCUT2D eigenvalue weighted by molar-refractivity contribution is -0.140. The summed E-state index contributed by atoms with van der Waals surface area (Å²) in [5.74, 6) is 0.396. The van der Waals surface area contributed by atoms with Crippen molar-refractivity contribution in [2.75, 3.05) is 14.2 Å². The highest BCUT2D eigenvalue weighted by Gasteiger charge is 2.42. The van der Waals surface area contributed by atoms with Crippen LogP contribution < -0.4 is 14.8 Å². The van der Waals surface area contributed by atoms with Gasteiger partial charge in [-0.05, 0) is 48.6 Å². The van der Waals surface area contributed by atoms with Crippen molar-refractivity contribution in [3.05, 3.63) is 118 Å². The number of hydrogen-bond acceptors (Lipinski definition) is 6. The smallest absolute Gasteiger partial charge is 0.337 e. The molecule has 0 spiro atoms. The van der Waals surface area contributed by atoms with E-state index in [9.17, 15) is 9.59 Å². The Labute approximate surface area is 222 Å². The number of nitrogens with one attached hydrogen (secondary N) is 1. The van der Waals surface area contributed by atoms with Crippen LogP contribution in [0.5, 0.6) is 11.5 Å². The number of methoxy groups -OCH3 is 2. The number of Topliss-reactive ketones (excluding diaryl/α,β-unsaturated/α-hetero) is 1. The third-order valence-corrected chi connectivity index (χ3v) is 7.30. The quantitative estimate of drug-likeness (QED) is 0.405. The molecule has 1 heterocycles. The molecule has 0 aromatic heterocycles. The lowest BCUT2D eigenvalue weighted by Crippen LogP contribution is -2.36. The van der Waals surface area contributed by atoms with Crippen molar-refractivity contribution in [3.63, 3.8) is 0 Å². The molecule has 38 heavy (non-hydrogen) atoms. The zero-order valence-electron chi connectivity index (χ0n) is 21.8. The van der Waals surface area contributed by atoms with E-state index >= 15 is 0 Å². The topological polar surface area (TPSA) is 73.9 Å². The predicted octanol–water partition coefficient (Wildman–Crippen LogP) is 5.81. The minimum Gasteiger partial charge on any atom is -0.497 e. The number of hydrogen-bond donors (Lipinski definition) is 1. The van der Waals surface area contributed by atoms with Gasteiger partial charge in [0.05, 0.1) is 25.7 Å². The van der Waals surface area contributed by atoms with Gasteiger partial charge < -0.3 is 19.5 Å². The standard InChI is InChI=1S/C32H31NO5/c1-20-29(32(35)38-19-21-9-5-4-6-10-21)30(25-11-7-8-12-28(25)37-3)31-26(33-20)17-23(18-27(31)34)22-13-15-24(36-2)16-14-22/h4-16,23,30,33H,17-19H2,1-3H3. The Bertz CT molecular complexity index is 1410. The summed E-state index contributed by atoms with van der Waals surface area (Å²) >= 11 is 0. The number of allylic oxidation sites excluding steroid dienone is 3. The van der Waals surface area contributed by atoms with Gasteiger partial charge in [0, 0.05) is 29.0 Å². The predicted molar refractivity (Wildman–Crippen MR) is 145 cm³/mol. The molecule has 3 aromatic rings. The van der Waals surface area contributed by atoms with Crippen molar-refractivity contribution in [1.82, 2.24) is 5.32 Å². The van der Waals surface area contributed by atoms with Gasteiger partial charge in [0.1, 0.15) is 18.1 Å². The maximum Gasteiger partial charge on any atom is 0.337 e. The molecule has 3 aromatic carbocycles. The molecule has 0 saturated carbocycles. The van der Waals surface area contributed by atoms with Crippen LogP contribution in [0.3, 0.4) is 0 Å². The molecule has 0 saturated heterocycles. The van der Waals surface area contributed by atoms with Crippen LogP contribution in [0, 0.1) is 0 Å². The number of ether oxygens (including phenoxy) is 3. The Balaban J connectivity index is 1.52. The second kappa shape index (κ2) is 11.0. The Kier molecular flexibility index (Phi) is 7.31. The van der Waals surface area contributed by atoms with Crippen LogP contribution in [-0.2, 0) is 20.9 Å². The fourth-order valence-corrected chi connectivity index (χ4v) is 5.44. The SMILES string of the molecule is COc1ccc(C2CC(=O)C3=C(C2)NC(C)=C(C(=O)OCc2ccccc2)C3c2ccccc2OC)cc1. The number of carbonyl (C=O) groups excluding carboxylic acids is 2. The second-order valence-electron chi connectivity index (χ2n) is 9.59. The van der Waals surface area contributed by atoms with Gasteiger partial charge in [0.25, 0.3) is 0 Å². The molecule has 0 bridgehead atoms. The van der Waals surface area contributed by atoms with Crippen molar-refractivity contribution in [1.29, 1.82) is 0 Å². The van der Waals surface area contributed by atoms with E-state index in [4.69, 9.17) is 14.2 Å². The number of benzene rings is 3. The van der Waals surface area contributed by atoms with E-state index in [1.54, 1.807) is 14.2 Å². The average molecular weight is 510 g/mol. The van der Waals surface area contributed by atoms with Gasteiger partial charge in [-0.3, -0.25) is 4.79 Å². The lowest BCUT2D eigenvalue weighted by Gasteiger charge is -2.37. The molecule has 2 unspecified atom stereocenters. The molecule has 1 N–H and O–H groups in total. The minimum atomic E-state index is -0.588. The van der Waals surface area contributed by atoms with E-state index < -0.39 is 11.9 Å². The number of para-hydroxylation sites is 1. The van der Waals surface area contributed by atoms with Crippen molar-refractivity contribution < 1.29 is 23.8 Å². The van der Waals surface area contributed by atoms with Gasteiger partial charge in [-0.2, -0.15) is 0 Å². The first-order valence-corrected chi connectivity index (χ1v) is 12.7. The van der Waals surface area contributed by atoms with E-state index in [0.717, 1.165) is 28.1 Å². The number of rotatable bonds is 7. The lowest BCUT2D eigenvalue weighted by atomic mass is 9.71. The van der Waals surface area contributed by atoms with Crippen LogP contribution in [0.15, 0.2) is 101 Å². The van der Waals surface area contributed by atoms with Crippen LogP contribution in [-0.4, -0.2) is 26.0 Å². The second-order valence-corrected chi connectivity index (χ2v) is 9.59. The van der Waals surface area contributed by atoms with Crippen molar-refractivity contribution >= 4 is 11.8 Å². The number of ketones is 1. The van der Waals surface area contributed by atoms with Crippen LogP contribution in [0.4, 0.5) is 0 Å². The normalized spacial score (nSPS) is 19.0. The van der Waals surface area contributed by atoms with Gasteiger partial charge in [-0.1, -0.05) is 60.7 Å². The first kappa shape index (κ1) is 25.3. The summed E-state index contributed by atoms with van der Waals surface area (Å²) in [6, 6.07) is 25.0. The summed E-state index contributed by atoms with van der Waals surface area (Å²) in [7, 11) is 3.24. The summed E-state index contributed by atoms with van der Waals surface area (Å²) in [5, 5.41) is 3.41. The molecule has 6 heteroatoms. The monoisotopic (exact) mass is 509 g/mol. The Morgan fingerprint density at radius 2 is 1.61 bits per heavy atom. The third kappa shape index (κ3) is 4.94. The molecule has 5 rings (SSSR count). The summed E-state index contributed by atoms with van der Waals surface area (Å²) in [5.41, 5.74) is 5.31. The summed E-state index contributed by atoms with van der Waals surface area (Å²) < 4.78 is 16.7. The van der Waals surface area contributed by atoms with E-state index in [1.165, 1.54) is 0 Å². The zero-order valence-corrected chi connectivity index (χ0v) is 21.8. The molecule has 1 aliphatic carbocycles. The fourth-order valence-electron chi connectivity index (χ4n) is 5.44. The molecule has 194 valence electrons. The first-order chi connectivity index (χ1) is 18.5. The molecule has 6 nitrogen and oxygen atoms in total. The van der Waals surface area contributed by atoms with Crippen molar-refractivity contribution in [2.45, 2.75) is 38.2 Å². The number of dihydropyridines is 1. The van der Waals surface area contributed by atoms with Gasteiger partial charge in [-0.25, -0.2) is 4.79 Å². The zero-order chi connectivity index (χ0) is 26.6. The largest absolute Gasteiger partial charge is 0.497 e. The summed E-state index contributed by atoms with van der Waals surface area (Å²) in [6.45, 7) is 2.02. The molecule has 2 aliphatic rings. The van der Waals surface area contributed by atoms with Crippen molar-refractivity contribution in [3.8, 4) is 11.5 Å². The summed E-state index contributed by atoms with van der Waals surface area (Å²) in [6.07, 6.45) is 1.01. The minimum absolute atomic E-state index is 0.0105. The molecule has 0 fully saturated rings. The highest BCUT2D eigenvalue weighted by molar-refractivity contribution is 6.04. The molecule has 2 atom stereocenters. The third-order valence-electron chi connectivity index (χ3n) is 7.30. The van der Waals surface area contributed by atoms with Gasteiger partial charge in [-0.15, -0.1) is 0 Å². The maximum absolute atomic E-state index is 13.8. The Hall–Kier alpha value is -4.32. The van der Waals surface area contributed by atoms with E-state index in [0.29, 0.717) is 35.4 Å². The number of esters is 1. The molecule has 1 aliphatic heterocycles. The Morgan fingerprint density at radius 3 is 2.32 bits per heavy atom. The molecular formula is C32H31NO5. The van der Waals surface area contributed by atoms with Gasteiger partial charge in [0.15, 0.2) is 5.78 Å². The molecular weight excluding hydrogens is 478 g/mol. The highest BCUT2D eigenvalue weighted by atomic mass is 16.5. The molecule has 0 radical (unpaired) electrons. The van der Waals surface area contributed by atoms with E-state index in [2.05, 4.69) is 5.32 Å².